The molecule has 0 radical (unpaired) electrons. The van der Waals surface area contributed by atoms with E-state index in [1.54, 1.807) is 58.8 Å². The molecule has 0 aromatic heterocycles. The average Bonchev–Trinajstić information content (AvgIpc) is 1.60. The predicted octanol–water partition coefficient (Wildman–Crippen LogP) is 13.7. The maximum absolute atomic E-state index is 12.8. The van der Waals surface area contributed by atoms with E-state index in [1.807, 2.05) is 167 Å². The molecule has 0 N–H and O–H groups in total. The van der Waals surface area contributed by atoms with Gasteiger partial charge in [-0.15, -0.1) is 6.61 Å². The third kappa shape index (κ3) is 33.2. The zero-order valence-electron chi connectivity index (χ0n) is 89.7. The number of Topliss-reactive ketones (excluding diaryl/α,β-unsaturated/α-hetero) is 2. The van der Waals surface area contributed by atoms with Crippen molar-refractivity contribution < 1.29 is 189 Å². The molecule has 11 unspecified atom stereocenters. The number of carbonyl (C=O) groups is 13. The van der Waals surface area contributed by atoms with Crippen molar-refractivity contribution in [2.75, 3.05) is 61.0 Å². The molecule has 10 saturated heterocycles. The molecule has 15 rings (SSSR count). The Morgan fingerprint density at radius 1 is 0.378 bits per heavy atom. The topological polar surface area (TPSA) is 437 Å². The quantitative estimate of drug-likeness (QED) is 0.0280. The van der Waals surface area contributed by atoms with Gasteiger partial charge in [0.05, 0.1) is 52.5 Å². The predicted molar refractivity (Wildman–Crippen MR) is 527 cm³/mol. The fourth-order valence-corrected chi connectivity index (χ4v) is 22.3. The van der Waals surface area contributed by atoms with Crippen molar-refractivity contribution in [1.29, 1.82) is 0 Å². The van der Waals surface area contributed by atoms with Crippen LogP contribution in [0.1, 0.15) is 282 Å². The Kier molecular flexibility index (Phi) is 43.8. The molecule has 12 heterocycles. The molecular weight excluding hydrogens is 1970 g/mol. The van der Waals surface area contributed by atoms with Gasteiger partial charge >= 0.3 is 81.7 Å². The summed E-state index contributed by atoms with van der Waals surface area (Å²) in [5.74, 6) is 2.45. The molecule has 12 aliphatic rings. The summed E-state index contributed by atoms with van der Waals surface area (Å²) >= 11 is 0. The summed E-state index contributed by atoms with van der Waals surface area (Å²) in [7, 11) is -0.945. The van der Waals surface area contributed by atoms with E-state index in [0.717, 1.165) is 117 Å². The molecule has 0 aliphatic carbocycles. The van der Waals surface area contributed by atoms with E-state index in [-0.39, 0.29) is 194 Å². The molecule has 3 aromatic rings. The molecule has 0 saturated carbocycles. The number of carbonyl (C=O) groups excluding carboxylic acids is 13. The van der Waals surface area contributed by atoms with Crippen LogP contribution in [0.2, 0.25) is 0 Å². The van der Waals surface area contributed by atoms with Crippen molar-refractivity contribution in [1.82, 2.24) is 29.4 Å². The van der Waals surface area contributed by atoms with Crippen LogP contribution in [-0.4, -0.2) is 291 Å². The fraction of sp³-hybridized carbons (Fsp3) is 0.670. The van der Waals surface area contributed by atoms with Gasteiger partial charge in [-0.1, -0.05) is 43.3 Å². The van der Waals surface area contributed by atoms with E-state index in [9.17, 15) is 83.9 Å². The van der Waals surface area contributed by atoms with Gasteiger partial charge in [0.2, 0.25) is 0 Å². The van der Waals surface area contributed by atoms with Crippen molar-refractivity contribution in [3.05, 3.63) is 106 Å². The summed E-state index contributed by atoms with van der Waals surface area (Å²) < 4.78 is 139. The molecule has 3 aromatic carbocycles. The Labute approximate surface area is 888 Å². The molecule has 12 aliphatic heterocycles. The van der Waals surface area contributed by atoms with Gasteiger partial charge in [0.1, 0.15) is 88.0 Å². The van der Waals surface area contributed by atoms with Crippen LogP contribution < -0.4 is 48.9 Å². The smallest absolute Gasteiger partial charge is 0.855 e. The van der Waals surface area contributed by atoms with Crippen molar-refractivity contribution >= 4 is 96.2 Å². The molecule has 6 amide bonds. The Morgan fingerprint density at radius 3 is 1.04 bits per heavy atom. The zero-order chi connectivity index (χ0) is 109. The van der Waals surface area contributed by atoms with Crippen molar-refractivity contribution in [2.45, 2.75) is 377 Å². The van der Waals surface area contributed by atoms with Gasteiger partial charge < -0.3 is 95.2 Å². The molecular formula is C106H150F3N6NaO31S. The van der Waals surface area contributed by atoms with Crippen LogP contribution in [0.3, 0.4) is 0 Å². The van der Waals surface area contributed by atoms with Crippen molar-refractivity contribution in [3.8, 4) is 17.2 Å². The fourth-order valence-electron chi connectivity index (χ4n) is 21.8. The first kappa shape index (κ1) is 123. The third-order valence-corrected chi connectivity index (χ3v) is 28.3. The monoisotopic (exact) mass is 2110 g/mol. The molecule has 37 nitrogen and oxygen atoms in total. The summed E-state index contributed by atoms with van der Waals surface area (Å²) in [6, 6.07) is 22.8. The number of alkyl halides is 3. The Bertz CT molecular complexity index is 5050. The Hall–Kier alpha value is -10.7. The second kappa shape index (κ2) is 52.9. The van der Waals surface area contributed by atoms with E-state index in [2.05, 4.69) is 33.2 Å². The summed E-state index contributed by atoms with van der Waals surface area (Å²) in [5.41, 5.74) is -3.45. The number of fused-ring (bicyclic) bond motifs is 12. The summed E-state index contributed by atoms with van der Waals surface area (Å²) in [5, 5.41) is 8.93. The number of nitrogens with zero attached hydrogens (tertiary/aromatic N) is 6. The molecule has 0 spiro atoms. The molecule has 42 heteroatoms. The van der Waals surface area contributed by atoms with Crippen LogP contribution in [0.5, 0.6) is 17.2 Å². The van der Waals surface area contributed by atoms with Gasteiger partial charge in [-0.05, 0) is 297 Å². The van der Waals surface area contributed by atoms with Gasteiger partial charge in [0, 0.05) is 104 Å². The number of hydrogen-bond acceptors (Lipinski definition) is 31. The summed E-state index contributed by atoms with van der Waals surface area (Å²) in [6.07, 6.45) is 11.0. The summed E-state index contributed by atoms with van der Waals surface area (Å²) in [6.45, 7) is 36.6. The van der Waals surface area contributed by atoms with E-state index in [0.29, 0.717) is 71.2 Å². The Balaban J connectivity index is 0.000000216. The largest absolute Gasteiger partial charge is 1.00 e. The van der Waals surface area contributed by atoms with Crippen LogP contribution in [0, 0.1) is 17.8 Å². The molecule has 148 heavy (non-hydrogen) atoms. The first-order valence-corrected chi connectivity index (χ1v) is 51.6. The standard InChI is InChI=1S/2C21H29NO5.C21H27NO5.C15H20F3NO7S.C14H21NO5.C12H19NO3.C2H5O.Na/c3*1-21(2,3)27-20(24)22-15-7-10-19(22)18(12-26-13-23)17(11-15)14-5-8-16(25-4)9-6-14;1-14(2,3)25-13(21)19-9-4-5-11(19)10(7-24-8-20)12(6-9)26-27(22,23)15(16,17)18;1-14(2,3)20-13(18)15-9-4-5-11(15)10(7-19-8-16)12(17)6-9;1-12(2,3)16-11(15)13-8-4-5-9(13)7-10(14)6-8;1-2-3;/h2*5-6,8-9,13,15,17-19H,7,10-12H2,1-4H3;5-6,8-9,13,15,19H,7,10-12H2,1-4H3;8-9,11H,4-7H2,1-3H3;8-11H,4-7H2,1-3H3;8-9H,4-7H2,1-3H3;2H2,1H3;/q;;;;;;-1;+1/t15-,17?,18+,19+;15-,17?,18-,19+;;;;;;/m11....../s1. The number of amides is 6. The van der Waals surface area contributed by atoms with Gasteiger partial charge in [0.25, 0.3) is 32.4 Å². The number of methoxy groups -OCH3 is 3. The number of rotatable bonds is 23. The summed E-state index contributed by atoms with van der Waals surface area (Å²) in [4.78, 5) is 162. The number of ketones is 2. The van der Waals surface area contributed by atoms with Gasteiger partial charge in [0.15, 0.2) is 0 Å². The average molecular weight is 2120 g/mol. The van der Waals surface area contributed by atoms with Crippen LogP contribution in [-0.2, 0) is 100.0 Å². The third-order valence-electron chi connectivity index (χ3n) is 27.3. The van der Waals surface area contributed by atoms with Gasteiger partial charge in [-0.2, -0.15) is 21.6 Å². The number of piperidine rings is 4. The molecule has 12 bridgehead atoms. The molecule has 818 valence electrons. The normalized spacial score (nSPS) is 25.4. The maximum atomic E-state index is 12.8. The Morgan fingerprint density at radius 2 is 0.676 bits per heavy atom. The van der Waals surface area contributed by atoms with E-state index >= 15 is 0 Å². The minimum absolute atomic E-state index is 0. The second-order valence-corrected chi connectivity index (χ2v) is 45.9. The van der Waals surface area contributed by atoms with E-state index in [4.69, 9.17) is 66.7 Å². The van der Waals surface area contributed by atoms with Crippen LogP contribution in [0.25, 0.3) is 5.57 Å². The number of ether oxygens (including phenoxy) is 14. The minimum Gasteiger partial charge on any atom is -0.855 e. The second-order valence-electron chi connectivity index (χ2n) is 44.3. The first-order chi connectivity index (χ1) is 68.9. The SMILES string of the molecule is CC(C)(C)OC(=O)N1C2CCC1C(COC=O)=C(OS(=O)(=O)C(F)(F)F)C2.CC(C)(C)OC(=O)N1C2CCC1C(COC=O)C(=O)C2.CC(C)(C)OC(=O)N1C2CCC1CC(=O)C2.CC[O-].COc1ccc(C2=C(COC=O)C3CCC(C2)N3C(=O)OC(C)(C)C)cc1.COc1ccc(C2C[C@H]3CC[C@@H]([C@@H]2COC=O)N3C(=O)OC(C)(C)C)cc1.COc1ccc(C2C[C@H]3CC[C@@H]([C@H]2COC=O)N3C(=O)OC(C)(C)C)cc1.[Na+]. The van der Waals surface area contributed by atoms with Gasteiger partial charge in [-0.25, -0.2) is 28.8 Å². The number of halogens is 3. The molecule has 17 atom stereocenters. The van der Waals surface area contributed by atoms with Gasteiger partial charge in [-0.3, -0.25) is 43.4 Å². The van der Waals surface area contributed by atoms with Crippen LogP contribution in [0.4, 0.5) is 41.9 Å². The number of benzene rings is 3. The van der Waals surface area contributed by atoms with Crippen molar-refractivity contribution in [2.24, 2.45) is 17.8 Å². The van der Waals surface area contributed by atoms with E-state index in [1.165, 1.54) is 16.0 Å². The first-order valence-electron chi connectivity index (χ1n) is 50.2. The minimum atomic E-state index is -5.88. The maximum Gasteiger partial charge on any atom is 1.00 e. The van der Waals surface area contributed by atoms with Crippen LogP contribution in [0.15, 0.2) is 89.7 Å². The number of hydrogen-bond donors (Lipinski definition) is 0. The zero-order valence-corrected chi connectivity index (χ0v) is 92.5. The van der Waals surface area contributed by atoms with E-state index < -0.39 is 85.7 Å². The van der Waals surface area contributed by atoms with Crippen molar-refractivity contribution in [3.63, 3.8) is 0 Å². The van der Waals surface area contributed by atoms with Crippen LogP contribution >= 0.6 is 0 Å². The molecule has 10 fully saturated rings.